The average molecular weight is 182 g/mol. The van der Waals surface area contributed by atoms with Crippen LogP contribution in [0.1, 0.15) is 38.5 Å². The standard InChI is InChI=1S/C11H22N2/c1-12-10-6-5-7-11(10)13-8-3-2-4-9-13/h10-12H,2-9H2,1H3/t10-,11-/m0/s1. The molecule has 1 saturated heterocycles. The zero-order chi connectivity index (χ0) is 9.10. The van der Waals surface area contributed by atoms with Crippen LogP contribution in [-0.2, 0) is 0 Å². The molecule has 2 fully saturated rings. The lowest BCUT2D eigenvalue weighted by molar-refractivity contribution is 0.146. The molecule has 2 nitrogen and oxygen atoms in total. The molecule has 0 amide bonds. The highest BCUT2D eigenvalue weighted by molar-refractivity contribution is 4.90. The van der Waals surface area contributed by atoms with Crippen molar-refractivity contribution in [2.24, 2.45) is 0 Å². The van der Waals surface area contributed by atoms with E-state index in [4.69, 9.17) is 0 Å². The average Bonchev–Trinajstić information content (AvgIpc) is 2.67. The number of hydrogen-bond donors (Lipinski definition) is 1. The van der Waals surface area contributed by atoms with Crippen LogP contribution in [0.15, 0.2) is 0 Å². The third-order valence-electron chi connectivity index (χ3n) is 3.71. The molecule has 2 aliphatic rings. The maximum absolute atomic E-state index is 3.47. The van der Waals surface area contributed by atoms with Gasteiger partial charge in [0.1, 0.15) is 0 Å². The Morgan fingerprint density at radius 1 is 1.00 bits per heavy atom. The van der Waals surface area contributed by atoms with E-state index in [2.05, 4.69) is 17.3 Å². The molecule has 0 aromatic heterocycles. The first-order valence-electron chi connectivity index (χ1n) is 5.83. The smallest absolute Gasteiger partial charge is 0.0249 e. The van der Waals surface area contributed by atoms with Gasteiger partial charge in [0, 0.05) is 12.1 Å². The Balaban J connectivity index is 1.90. The third kappa shape index (κ3) is 2.05. The Kier molecular flexibility index (Phi) is 3.23. The van der Waals surface area contributed by atoms with E-state index in [-0.39, 0.29) is 0 Å². The van der Waals surface area contributed by atoms with Crippen LogP contribution in [0.3, 0.4) is 0 Å². The molecule has 1 saturated carbocycles. The lowest BCUT2D eigenvalue weighted by Gasteiger charge is -2.35. The van der Waals surface area contributed by atoms with Gasteiger partial charge in [0.15, 0.2) is 0 Å². The lowest BCUT2D eigenvalue weighted by Crippen LogP contribution is -2.47. The van der Waals surface area contributed by atoms with Crippen LogP contribution in [-0.4, -0.2) is 37.1 Å². The molecule has 2 atom stereocenters. The Morgan fingerprint density at radius 2 is 1.77 bits per heavy atom. The summed E-state index contributed by atoms with van der Waals surface area (Å²) in [5, 5.41) is 3.47. The van der Waals surface area contributed by atoms with Crippen LogP contribution in [0.5, 0.6) is 0 Å². The second-order valence-corrected chi connectivity index (χ2v) is 4.49. The molecule has 2 rings (SSSR count). The van der Waals surface area contributed by atoms with Crippen molar-refractivity contribution >= 4 is 0 Å². The first-order valence-corrected chi connectivity index (χ1v) is 5.83. The fourth-order valence-corrected chi connectivity index (χ4v) is 2.96. The number of likely N-dealkylation sites (tertiary alicyclic amines) is 1. The van der Waals surface area contributed by atoms with E-state index in [0.717, 1.165) is 12.1 Å². The van der Waals surface area contributed by atoms with Gasteiger partial charge in [-0.2, -0.15) is 0 Å². The summed E-state index contributed by atoms with van der Waals surface area (Å²) >= 11 is 0. The van der Waals surface area contributed by atoms with Crippen molar-refractivity contribution in [3.8, 4) is 0 Å². The van der Waals surface area contributed by atoms with E-state index in [9.17, 15) is 0 Å². The molecule has 0 bridgehead atoms. The molecule has 0 unspecified atom stereocenters. The summed E-state index contributed by atoms with van der Waals surface area (Å²) < 4.78 is 0. The molecule has 13 heavy (non-hydrogen) atoms. The summed E-state index contributed by atoms with van der Waals surface area (Å²) in [6, 6.07) is 1.63. The summed E-state index contributed by atoms with van der Waals surface area (Å²) in [6.07, 6.45) is 8.53. The zero-order valence-corrected chi connectivity index (χ0v) is 8.76. The Hall–Kier alpha value is -0.0800. The van der Waals surface area contributed by atoms with E-state index < -0.39 is 0 Å². The molecular weight excluding hydrogens is 160 g/mol. The molecule has 0 aromatic carbocycles. The molecule has 2 heteroatoms. The Bertz CT molecular complexity index is 152. The number of likely N-dealkylation sites (N-methyl/N-ethyl adjacent to an activating group) is 1. The monoisotopic (exact) mass is 182 g/mol. The van der Waals surface area contributed by atoms with Crippen molar-refractivity contribution < 1.29 is 0 Å². The number of nitrogens with one attached hydrogen (secondary N) is 1. The van der Waals surface area contributed by atoms with E-state index in [1.165, 1.54) is 51.6 Å². The van der Waals surface area contributed by atoms with Crippen molar-refractivity contribution in [3.63, 3.8) is 0 Å². The highest BCUT2D eigenvalue weighted by Crippen LogP contribution is 2.26. The largest absolute Gasteiger partial charge is 0.315 e. The third-order valence-corrected chi connectivity index (χ3v) is 3.71. The van der Waals surface area contributed by atoms with Crippen LogP contribution in [0, 0.1) is 0 Å². The summed E-state index contributed by atoms with van der Waals surface area (Å²) in [4.78, 5) is 2.72. The van der Waals surface area contributed by atoms with Crippen molar-refractivity contribution in [2.75, 3.05) is 20.1 Å². The van der Waals surface area contributed by atoms with Gasteiger partial charge in [0.05, 0.1) is 0 Å². The van der Waals surface area contributed by atoms with Crippen molar-refractivity contribution in [3.05, 3.63) is 0 Å². The highest BCUT2D eigenvalue weighted by Gasteiger charge is 2.31. The van der Waals surface area contributed by atoms with Crippen LogP contribution in [0.4, 0.5) is 0 Å². The predicted octanol–water partition coefficient (Wildman–Crippen LogP) is 1.61. The van der Waals surface area contributed by atoms with Crippen LogP contribution < -0.4 is 5.32 Å². The summed E-state index contributed by atoms with van der Waals surface area (Å²) in [6.45, 7) is 2.70. The number of hydrogen-bond acceptors (Lipinski definition) is 2. The van der Waals surface area contributed by atoms with Gasteiger partial charge in [-0.05, 0) is 45.8 Å². The minimum absolute atomic E-state index is 0.776. The van der Waals surface area contributed by atoms with Crippen LogP contribution in [0.2, 0.25) is 0 Å². The maximum Gasteiger partial charge on any atom is 0.0249 e. The van der Waals surface area contributed by atoms with E-state index in [1.807, 2.05) is 0 Å². The lowest BCUT2D eigenvalue weighted by atomic mass is 10.1. The van der Waals surface area contributed by atoms with Gasteiger partial charge in [0.2, 0.25) is 0 Å². The van der Waals surface area contributed by atoms with E-state index in [1.54, 1.807) is 0 Å². The fraction of sp³-hybridized carbons (Fsp3) is 1.00. The minimum atomic E-state index is 0.776. The van der Waals surface area contributed by atoms with E-state index >= 15 is 0 Å². The molecule has 1 heterocycles. The molecule has 76 valence electrons. The number of nitrogens with zero attached hydrogens (tertiary/aromatic N) is 1. The van der Waals surface area contributed by atoms with Crippen molar-refractivity contribution in [1.29, 1.82) is 0 Å². The molecular formula is C11H22N2. The van der Waals surface area contributed by atoms with E-state index in [0.29, 0.717) is 0 Å². The first-order chi connectivity index (χ1) is 6.42. The van der Waals surface area contributed by atoms with Gasteiger partial charge in [-0.3, -0.25) is 4.90 Å². The molecule has 1 aliphatic carbocycles. The van der Waals surface area contributed by atoms with Crippen LogP contribution in [0.25, 0.3) is 0 Å². The van der Waals surface area contributed by atoms with Crippen molar-refractivity contribution in [1.82, 2.24) is 10.2 Å². The quantitative estimate of drug-likeness (QED) is 0.698. The molecule has 0 radical (unpaired) electrons. The Morgan fingerprint density at radius 3 is 2.46 bits per heavy atom. The topological polar surface area (TPSA) is 15.3 Å². The predicted molar refractivity (Wildman–Crippen MR) is 55.9 cm³/mol. The Labute approximate surface area is 81.7 Å². The van der Waals surface area contributed by atoms with Crippen molar-refractivity contribution in [2.45, 2.75) is 50.6 Å². The van der Waals surface area contributed by atoms with Gasteiger partial charge in [0.25, 0.3) is 0 Å². The summed E-state index contributed by atoms with van der Waals surface area (Å²) in [5.74, 6) is 0. The number of rotatable bonds is 2. The first kappa shape index (κ1) is 9.47. The van der Waals surface area contributed by atoms with Crippen LogP contribution >= 0.6 is 0 Å². The number of piperidine rings is 1. The molecule has 0 aromatic rings. The van der Waals surface area contributed by atoms with Gasteiger partial charge < -0.3 is 5.32 Å². The summed E-state index contributed by atoms with van der Waals surface area (Å²) in [5.41, 5.74) is 0. The molecule has 0 spiro atoms. The van der Waals surface area contributed by atoms with Gasteiger partial charge >= 0.3 is 0 Å². The van der Waals surface area contributed by atoms with Gasteiger partial charge in [-0.15, -0.1) is 0 Å². The second-order valence-electron chi connectivity index (χ2n) is 4.49. The maximum atomic E-state index is 3.47. The van der Waals surface area contributed by atoms with Gasteiger partial charge in [-0.25, -0.2) is 0 Å². The second kappa shape index (κ2) is 4.43. The molecule has 1 N–H and O–H groups in total. The normalized spacial score (nSPS) is 36.7. The van der Waals surface area contributed by atoms with Gasteiger partial charge in [-0.1, -0.05) is 12.8 Å². The zero-order valence-electron chi connectivity index (χ0n) is 8.76. The fourth-order valence-electron chi connectivity index (χ4n) is 2.96. The highest BCUT2D eigenvalue weighted by atomic mass is 15.2. The molecule has 1 aliphatic heterocycles. The minimum Gasteiger partial charge on any atom is -0.315 e. The summed E-state index contributed by atoms with van der Waals surface area (Å²) in [7, 11) is 2.12. The SMILES string of the molecule is CN[C@H]1CCC[C@@H]1N1CCCCC1.